The van der Waals surface area contributed by atoms with Gasteiger partial charge in [0.15, 0.2) is 0 Å². The number of halogens is 3. The molecule has 208 valence electrons. The van der Waals surface area contributed by atoms with Crippen molar-refractivity contribution in [2.24, 2.45) is 0 Å². The van der Waals surface area contributed by atoms with Crippen LogP contribution in [-0.4, -0.2) is 67.3 Å². The Morgan fingerprint density at radius 1 is 1.15 bits per heavy atom. The molecule has 1 aromatic carbocycles. The first-order valence-corrected chi connectivity index (χ1v) is 14.0. The van der Waals surface area contributed by atoms with Crippen molar-refractivity contribution in [2.75, 3.05) is 26.3 Å². The summed E-state index contributed by atoms with van der Waals surface area (Å²) in [5.41, 5.74) is -0.647. The second-order valence-corrected chi connectivity index (χ2v) is 12.2. The SMILES string of the molecule is O=C(Cc1ccc([C@@H]2C[C@]2(NS(=O)(=O)c2ccc(-c3cc(C(F)(F)F)on3)s2)C(=O)O)cc1)N1CCOCC1. The van der Waals surface area contributed by atoms with Crippen molar-refractivity contribution < 1.29 is 45.5 Å². The minimum atomic E-state index is -4.75. The second kappa shape index (κ2) is 10.0. The maximum Gasteiger partial charge on any atom is 0.452 e. The lowest BCUT2D eigenvalue weighted by atomic mass is 10.0. The van der Waals surface area contributed by atoms with Crippen LogP contribution in [-0.2, 0) is 36.9 Å². The normalized spacial score (nSPS) is 21.6. The van der Waals surface area contributed by atoms with Crippen molar-refractivity contribution in [2.45, 2.75) is 34.7 Å². The largest absolute Gasteiger partial charge is 0.480 e. The highest BCUT2D eigenvalue weighted by atomic mass is 32.2. The summed E-state index contributed by atoms with van der Waals surface area (Å²) in [5.74, 6) is -3.37. The summed E-state index contributed by atoms with van der Waals surface area (Å²) < 4.78 is 76.1. The first-order chi connectivity index (χ1) is 18.4. The number of aliphatic carboxylic acids is 1. The lowest BCUT2D eigenvalue weighted by Crippen LogP contribution is -2.44. The van der Waals surface area contributed by atoms with Gasteiger partial charge in [0.1, 0.15) is 15.4 Å². The van der Waals surface area contributed by atoms with Gasteiger partial charge in [-0.1, -0.05) is 29.4 Å². The number of benzene rings is 1. The fourth-order valence-electron chi connectivity index (χ4n) is 4.44. The molecule has 3 heterocycles. The third-order valence-corrected chi connectivity index (χ3v) is 9.76. The van der Waals surface area contributed by atoms with Crippen LogP contribution in [0.15, 0.2) is 51.2 Å². The summed E-state index contributed by atoms with van der Waals surface area (Å²) in [5, 5.41) is 13.3. The number of carboxylic acid groups (broad SMARTS) is 1. The van der Waals surface area contributed by atoms with E-state index in [4.69, 9.17) is 4.74 Å². The number of carboxylic acids is 1. The third-order valence-electron chi connectivity index (χ3n) is 6.65. The van der Waals surface area contributed by atoms with Gasteiger partial charge in [-0.25, -0.2) is 8.42 Å². The molecule has 0 unspecified atom stereocenters. The number of amides is 1. The van der Waals surface area contributed by atoms with Gasteiger partial charge < -0.3 is 19.3 Å². The molecule has 1 saturated heterocycles. The number of nitrogens with zero attached hydrogens (tertiary/aromatic N) is 2. The van der Waals surface area contributed by atoms with Gasteiger partial charge in [0.2, 0.25) is 11.7 Å². The van der Waals surface area contributed by atoms with E-state index < -0.39 is 39.4 Å². The summed E-state index contributed by atoms with van der Waals surface area (Å²) in [7, 11) is -4.34. The summed E-state index contributed by atoms with van der Waals surface area (Å²) in [6.07, 6.45) is -4.56. The molecule has 15 heteroatoms. The Morgan fingerprint density at radius 3 is 2.46 bits per heavy atom. The summed E-state index contributed by atoms with van der Waals surface area (Å²) in [4.78, 5) is 26.5. The molecule has 2 atom stereocenters. The van der Waals surface area contributed by atoms with E-state index in [-0.39, 0.29) is 33.5 Å². The fourth-order valence-corrected chi connectivity index (χ4v) is 7.11. The van der Waals surface area contributed by atoms with Gasteiger partial charge in [0.05, 0.1) is 24.5 Å². The molecule has 1 saturated carbocycles. The van der Waals surface area contributed by atoms with E-state index in [2.05, 4.69) is 14.4 Å². The van der Waals surface area contributed by atoms with Crippen LogP contribution in [0.3, 0.4) is 0 Å². The molecular formula is C24H22F3N3O7S2. The van der Waals surface area contributed by atoms with Gasteiger partial charge in [-0.2, -0.15) is 17.9 Å². The van der Waals surface area contributed by atoms with Gasteiger partial charge in [0.25, 0.3) is 10.0 Å². The minimum absolute atomic E-state index is 0.00405. The number of thiophene rings is 1. The van der Waals surface area contributed by atoms with E-state index in [1.807, 2.05) is 0 Å². The van der Waals surface area contributed by atoms with Crippen LogP contribution in [0.2, 0.25) is 0 Å². The minimum Gasteiger partial charge on any atom is -0.480 e. The van der Waals surface area contributed by atoms with Crippen LogP contribution < -0.4 is 4.72 Å². The number of hydrogen-bond donors (Lipinski definition) is 2. The van der Waals surface area contributed by atoms with Crippen LogP contribution in [0.4, 0.5) is 13.2 Å². The maximum absolute atomic E-state index is 13.1. The number of aromatic nitrogens is 1. The van der Waals surface area contributed by atoms with Crippen LogP contribution in [0.25, 0.3) is 10.6 Å². The van der Waals surface area contributed by atoms with Crippen LogP contribution in [0, 0.1) is 0 Å². The number of carbonyl (C=O) groups excluding carboxylic acids is 1. The molecule has 1 amide bonds. The Kier molecular flexibility index (Phi) is 7.03. The van der Waals surface area contributed by atoms with Crippen molar-refractivity contribution >= 4 is 33.2 Å². The molecule has 3 aromatic rings. The van der Waals surface area contributed by atoms with Crippen molar-refractivity contribution in [3.05, 3.63) is 59.4 Å². The van der Waals surface area contributed by atoms with Crippen molar-refractivity contribution in [3.63, 3.8) is 0 Å². The lowest BCUT2D eigenvalue weighted by molar-refractivity contribution is -0.155. The molecule has 5 rings (SSSR count). The van der Waals surface area contributed by atoms with Gasteiger partial charge in [-0.3, -0.25) is 9.59 Å². The molecule has 39 heavy (non-hydrogen) atoms. The van der Waals surface area contributed by atoms with E-state index in [1.54, 1.807) is 29.2 Å². The molecule has 2 N–H and O–H groups in total. The predicted molar refractivity (Wildman–Crippen MR) is 130 cm³/mol. The third kappa shape index (κ3) is 5.57. The number of carbonyl (C=O) groups is 2. The first kappa shape index (κ1) is 27.3. The fraction of sp³-hybridized carbons (Fsp3) is 0.375. The summed E-state index contributed by atoms with van der Waals surface area (Å²) in [6.45, 7) is 2.04. The second-order valence-electron chi connectivity index (χ2n) is 9.24. The quantitative estimate of drug-likeness (QED) is 0.411. The Balaban J connectivity index is 1.28. The Bertz CT molecular complexity index is 1500. The van der Waals surface area contributed by atoms with Gasteiger partial charge >= 0.3 is 12.1 Å². The number of alkyl halides is 3. The smallest absolute Gasteiger partial charge is 0.452 e. The Morgan fingerprint density at radius 2 is 1.85 bits per heavy atom. The van der Waals surface area contributed by atoms with Crippen LogP contribution >= 0.6 is 11.3 Å². The molecule has 2 aliphatic rings. The number of rotatable bonds is 8. The molecule has 0 spiro atoms. The van der Waals surface area contributed by atoms with Crippen molar-refractivity contribution in [3.8, 4) is 10.6 Å². The first-order valence-electron chi connectivity index (χ1n) is 11.7. The van der Waals surface area contributed by atoms with Crippen molar-refractivity contribution in [1.29, 1.82) is 0 Å². The summed E-state index contributed by atoms with van der Waals surface area (Å²) >= 11 is 0.636. The van der Waals surface area contributed by atoms with E-state index in [0.717, 1.165) is 11.6 Å². The number of morpholine rings is 1. The predicted octanol–water partition coefficient (Wildman–Crippen LogP) is 3.11. The molecular weight excluding hydrogens is 563 g/mol. The van der Waals surface area contributed by atoms with Gasteiger partial charge in [-0.15, -0.1) is 11.3 Å². The Labute approximate surface area is 224 Å². The monoisotopic (exact) mass is 585 g/mol. The average molecular weight is 586 g/mol. The maximum atomic E-state index is 13.1. The zero-order chi connectivity index (χ0) is 28.0. The van der Waals surface area contributed by atoms with E-state index in [1.165, 1.54) is 6.07 Å². The average Bonchev–Trinajstić information content (AvgIpc) is 3.25. The highest BCUT2D eigenvalue weighted by Gasteiger charge is 2.63. The summed E-state index contributed by atoms with van der Waals surface area (Å²) in [6, 6.07) is 9.87. The molecule has 1 aliphatic heterocycles. The Hall–Kier alpha value is -3.27. The molecule has 2 fully saturated rings. The molecule has 1 aliphatic carbocycles. The molecule has 2 aromatic heterocycles. The number of hydrogen-bond acceptors (Lipinski definition) is 8. The van der Waals surface area contributed by atoms with Crippen LogP contribution in [0.1, 0.15) is 29.2 Å². The topological polar surface area (TPSA) is 139 Å². The lowest BCUT2D eigenvalue weighted by Gasteiger charge is -2.26. The standard InChI is InChI=1S/C24H22F3N3O7S2/c25-24(26,27)19-12-17(28-37-19)18-5-6-21(38-18)39(34,35)29-23(22(32)33)13-16(23)15-3-1-14(2-4-15)11-20(31)30-7-9-36-10-8-30/h1-6,12,16,29H,7-11,13H2,(H,32,33)/t16-,23+/m0/s1. The molecule has 10 nitrogen and oxygen atoms in total. The zero-order valence-corrected chi connectivity index (χ0v) is 21.7. The van der Waals surface area contributed by atoms with E-state index in [0.29, 0.717) is 49.3 Å². The van der Waals surface area contributed by atoms with Crippen LogP contribution in [0.5, 0.6) is 0 Å². The molecule has 0 radical (unpaired) electrons. The van der Waals surface area contributed by atoms with Gasteiger partial charge in [-0.05, 0) is 29.7 Å². The van der Waals surface area contributed by atoms with E-state index in [9.17, 15) is 36.3 Å². The van der Waals surface area contributed by atoms with Crippen molar-refractivity contribution in [1.82, 2.24) is 14.8 Å². The number of ether oxygens (including phenoxy) is 1. The number of sulfonamides is 1. The molecule has 0 bridgehead atoms. The highest BCUT2D eigenvalue weighted by Crippen LogP contribution is 2.52. The number of nitrogens with one attached hydrogen (secondary N) is 1. The zero-order valence-electron chi connectivity index (χ0n) is 20.1. The highest BCUT2D eigenvalue weighted by molar-refractivity contribution is 7.91. The van der Waals surface area contributed by atoms with E-state index >= 15 is 0 Å². The van der Waals surface area contributed by atoms with Gasteiger partial charge in [0, 0.05) is 25.1 Å².